The summed E-state index contributed by atoms with van der Waals surface area (Å²) in [5.41, 5.74) is 2.20. The van der Waals surface area contributed by atoms with E-state index in [1.807, 2.05) is 23.6 Å². The van der Waals surface area contributed by atoms with Crippen LogP contribution in [0, 0.1) is 5.92 Å². The van der Waals surface area contributed by atoms with Gasteiger partial charge in [-0.2, -0.15) is 0 Å². The van der Waals surface area contributed by atoms with Crippen molar-refractivity contribution in [2.75, 3.05) is 16.8 Å². The van der Waals surface area contributed by atoms with Gasteiger partial charge in [0.1, 0.15) is 5.69 Å². The number of amides is 2. The molecule has 1 aliphatic heterocycles. The molecule has 3 aromatic rings. The number of nitrogens with one attached hydrogen (secondary N) is 1. The predicted octanol–water partition coefficient (Wildman–Crippen LogP) is 3.85. The number of nitrogens with zero attached hydrogens (tertiary/aromatic N) is 3. The lowest BCUT2D eigenvalue weighted by atomic mass is 10.1. The standard InChI is InChI=1S/C19H15ClN4O2S/c20-13-4-6-14(7-5-13)24-10-12(9-17(24)25)18(26)23-19-22-16(11-27-19)15-3-1-2-8-21-15/h1-8,11-12H,9-10H2,(H,22,23,26)/t12-/m0/s1. The molecule has 8 heteroatoms. The molecular formula is C19H15ClN4O2S. The fourth-order valence-corrected chi connectivity index (χ4v) is 3.76. The summed E-state index contributed by atoms with van der Waals surface area (Å²) in [6.07, 6.45) is 1.87. The first kappa shape index (κ1) is 17.6. The van der Waals surface area contributed by atoms with Crippen molar-refractivity contribution in [1.29, 1.82) is 0 Å². The van der Waals surface area contributed by atoms with E-state index in [1.54, 1.807) is 35.4 Å². The van der Waals surface area contributed by atoms with Gasteiger partial charge >= 0.3 is 0 Å². The molecule has 4 rings (SSSR count). The third-order valence-corrected chi connectivity index (χ3v) is 5.31. The van der Waals surface area contributed by atoms with Gasteiger partial charge in [0.2, 0.25) is 11.8 Å². The zero-order valence-electron chi connectivity index (χ0n) is 14.1. The van der Waals surface area contributed by atoms with Crippen LogP contribution < -0.4 is 10.2 Å². The lowest BCUT2D eigenvalue weighted by Gasteiger charge is -2.16. The highest BCUT2D eigenvalue weighted by Crippen LogP contribution is 2.28. The Labute approximate surface area is 164 Å². The van der Waals surface area contributed by atoms with Gasteiger partial charge in [0.15, 0.2) is 5.13 Å². The van der Waals surface area contributed by atoms with Crippen molar-refractivity contribution >= 4 is 45.6 Å². The van der Waals surface area contributed by atoms with Crippen molar-refractivity contribution in [2.45, 2.75) is 6.42 Å². The summed E-state index contributed by atoms with van der Waals surface area (Å²) in [7, 11) is 0. The number of carbonyl (C=O) groups is 2. The Bertz CT molecular complexity index is 975. The molecule has 1 aromatic carbocycles. The fraction of sp³-hybridized carbons (Fsp3) is 0.158. The number of hydrogen-bond donors (Lipinski definition) is 1. The number of aromatic nitrogens is 2. The Kier molecular flexibility index (Phi) is 4.87. The van der Waals surface area contributed by atoms with Crippen molar-refractivity contribution in [3.63, 3.8) is 0 Å². The summed E-state index contributed by atoms with van der Waals surface area (Å²) in [4.78, 5) is 35.2. The highest BCUT2D eigenvalue weighted by Gasteiger charge is 2.35. The van der Waals surface area contributed by atoms with Crippen LogP contribution in [0.3, 0.4) is 0 Å². The summed E-state index contributed by atoms with van der Waals surface area (Å²) < 4.78 is 0. The molecule has 1 atom stereocenters. The van der Waals surface area contributed by atoms with E-state index in [0.29, 0.717) is 22.4 Å². The van der Waals surface area contributed by atoms with E-state index in [2.05, 4.69) is 15.3 Å². The van der Waals surface area contributed by atoms with E-state index in [9.17, 15) is 9.59 Å². The van der Waals surface area contributed by atoms with Crippen LogP contribution in [0.15, 0.2) is 54.0 Å². The molecule has 27 heavy (non-hydrogen) atoms. The predicted molar refractivity (Wildman–Crippen MR) is 106 cm³/mol. The van der Waals surface area contributed by atoms with Crippen LogP contribution in [0.2, 0.25) is 5.02 Å². The number of carbonyl (C=O) groups excluding carboxylic acids is 2. The van der Waals surface area contributed by atoms with Crippen LogP contribution in [0.4, 0.5) is 10.8 Å². The van der Waals surface area contributed by atoms with E-state index in [-0.39, 0.29) is 18.2 Å². The van der Waals surface area contributed by atoms with Gasteiger partial charge in [-0.3, -0.25) is 14.6 Å². The Morgan fingerprint density at radius 3 is 2.74 bits per heavy atom. The highest BCUT2D eigenvalue weighted by atomic mass is 35.5. The molecule has 0 aliphatic carbocycles. The minimum atomic E-state index is -0.421. The molecule has 1 N–H and O–H groups in total. The Morgan fingerprint density at radius 2 is 2.00 bits per heavy atom. The molecular weight excluding hydrogens is 384 g/mol. The van der Waals surface area contributed by atoms with E-state index in [4.69, 9.17) is 11.6 Å². The minimum Gasteiger partial charge on any atom is -0.312 e. The van der Waals surface area contributed by atoms with Gasteiger partial charge in [0.25, 0.3) is 0 Å². The molecule has 2 aromatic heterocycles. The third-order valence-electron chi connectivity index (χ3n) is 4.30. The van der Waals surface area contributed by atoms with Gasteiger partial charge in [0.05, 0.1) is 11.6 Å². The molecule has 0 unspecified atom stereocenters. The van der Waals surface area contributed by atoms with Crippen molar-refractivity contribution < 1.29 is 9.59 Å². The first-order valence-electron chi connectivity index (χ1n) is 8.34. The molecule has 1 aliphatic rings. The number of anilines is 2. The average Bonchev–Trinajstić information content (AvgIpc) is 3.30. The second kappa shape index (κ2) is 7.46. The maximum atomic E-state index is 12.6. The molecule has 3 heterocycles. The van der Waals surface area contributed by atoms with Crippen LogP contribution >= 0.6 is 22.9 Å². The van der Waals surface area contributed by atoms with Gasteiger partial charge in [0, 0.05) is 35.3 Å². The SMILES string of the molecule is O=C(Nc1nc(-c2ccccn2)cs1)[C@H]1CC(=O)N(c2ccc(Cl)cc2)C1. The summed E-state index contributed by atoms with van der Waals surface area (Å²) in [6, 6.07) is 12.6. The smallest absolute Gasteiger partial charge is 0.231 e. The number of benzene rings is 1. The van der Waals surface area contributed by atoms with Crippen molar-refractivity contribution in [3.05, 3.63) is 59.1 Å². The monoisotopic (exact) mass is 398 g/mol. The van der Waals surface area contributed by atoms with E-state index >= 15 is 0 Å². The van der Waals surface area contributed by atoms with Crippen LogP contribution in [0.1, 0.15) is 6.42 Å². The van der Waals surface area contributed by atoms with E-state index in [0.717, 1.165) is 11.4 Å². The topological polar surface area (TPSA) is 75.2 Å². The summed E-state index contributed by atoms with van der Waals surface area (Å²) in [5, 5.41) is 5.76. The largest absolute Gasteiger partial charge is 0.312 e. The van der Waals surface area contributed by atoms with Gasteiger partial charge in [-0.05, 0) is 36.4 Å². The lowest BCUT2D eigenvalue weighted by molar-refractivity contribution is -0.122. The second-order valence-corrected chi connectivity index (χ2v) is 7.42. The van der Waals surface area contributed by atoms with Crippen LogP contribution in [0.5, 0.6) is 0 Å². The first-order chi connectivity index (χ1) is 13.1. The van der Waals surface area contributed by atoms with Gasteiger partial charge in [-0.1, -0.05) is 17.7 Å². The molecule has 2 amide bonds. The van der Waals surface area contributed by atoms with Crippen LogP contribution in [-0.2, 0) is 9.59 Å². The highest BCUT2D eigenvalue weighted by molar-refractivity contribution is 7.14. The Balaban J connectivity index is 1.43. The zero-order chi connectivity index (χ0) is 18.8. The van der Waals surface area contributed by atoms with Crippen LogP contribution in [0.25, 0.3) is 11.4 Å². The van der Waals surface area contributed by atoms with Crippen LogP contribution in [-0.4, -0.2) is 28.3 Å². The molecule has 0 spiro atoms. The molecule has 0 radical (unpaired) electrons. The number of thiazole rings is 1. The molecule has 6 nitrogen and oxygen atoms in total. The zero-order valence-corrected chi connectivity index (χ0v) is 15.7. The quantitative estimate of drug-likeness (QED) is 0.724. The fourth-order valence-electron chi connectivity index (χ4n) is 2.92. The number of pyridine rings is 1. The number of halogens is 1. The first-order valence-corrected chi connectivity index (χ1v) is 9.59. The number of hydrogen-bond acceptors (Lipinski definition) is 5. The van der Waals surface area contributed by atoms with Gasteiger partial charge < -0.3 is 10.2 Å². The minimum absolute atomic E-state index is 0.0780. The molecule has 1 fully saturated rings. The Morgan fingerprint density at radius 1 is 1.19 bits per heavy atom. The normalized spacial score (nSPS) is 16.6. The van der Waals surface area contributed by atoms with E-state index < -0.39 is 5.92 Å². The molecule has 0 saturated carbocycles. The lowest BCUT2D eigenvalue weighted by Crippen LogP contribution is -2.28. The van der Waals surface area contributed by atoms with E-state index in [1.165, 1.54) is 11.3 Å². The molecule has 136 valence electrons. The summed E-state index contributed by atoms with van der Waals surface area (Å²) in [6.45, 7) is 0.338. The van der Waals surface area contributed by atoms with Crippen molar-refractivity contribution in [3.8, 4) is 11.4 Å². The maximum absolute atomic E-state index is 12.6. The molecule has 0 bridgehead atoms. The molecule has 1 saturated heterocycles. The Hall–Kier alpha value is -2.77. The second-order valence-electron chi connectivity index (χ2n) is 6.12. The van der Waals surface area contributed by atoms with Gasteiger partial charge in [-0.15, -0.1) is 11.3 Å². The maximum Gasteiger partial charge on any atom is 0.231 e. The third kappa shape index (κ3) is 3.84. The number of rotatable bonds is 4. The average molecular weight is 399 g/mol. The summed E-state index contributed by atoms with van der Waals surface area (Å²) >= 11 is 7.23. The van der Waals surface area contributed by atoms with Gasteiger partial charge in [-0.25, -0.2) is 4.98 Å². The van der Waals surface area contributed by atoms with Crippen molar-refractivity contribution in [2.24, 2.45) is 5.92 Å². The summed E-state index contributed by atoms with van der Waals surface area (Å²) in [5.74, 6) is -0.706. The van der Waals surface area contributed by atoms with Crippen molar-refractivity contribution in [1.82, 2.24) is 9.97 Å².